The maximum atomic E-state index is 10.3. The molecule has 2 heteroatoms. The molecule has 1 aromatic rings. The normalized spacial score (nSPS) is 14.5. The fourth-order valence-corrected chi connectivity index (χ4v) is 2.02. The van der Waals surface area contributed by atoms with Crippen LogP contribution in [0.15, 0.2) is 30.3 Å². The molecule has 0 saturated carbocycles. The number of nitrogens with one attached hydrogen (secondary N) is 1. The Bertz CT molecular complexity index is 286. The Morgan fingerprint density at radius 3 is 2.41 bits per heavy atom. The van der Waals surface area contributed by atoms with Gasteiger partial charge in [0.25, 0.3) is 0 Å². The summed E-state index contributed by atoms with van der Waals surface area (Å²) in [4.78, 5) is 0. The van der Waals surface area contributed by atoms with E-state index in [1.165, 1.54) is 19.3 Å². The van der Waals surface area contributed by atoms with Gasteiger partial charge in [0.1, 0.15) is 0 Å². The minimum Gasteiger partial charge on any atom is -0.387 e. The molecule has 96 valence electrons. The summed E-state index contributed by atoms with van der Waals surface area (Å²) in [6.45, 7) is 5.32. The highest BCUT2D eigenvalue weighted by Gasteiger charge is 2.17. The minimum atomic E-state index is -0.400. The molecule has 0 heterocycles. The summed E-state index contributed by atoms with van der Waals surface area (Å²) in [5, 5.41) is 13.7. The second-order valence-electron chi connectivity index (χ2n) is 4.53. The number of hydrogen-bond acceptors (Lipinski definition) is 2. The van der Waals surface area contributed by atoms with E-state index in [4.69, 9.17) is 0 Å². The van der Waals surface area contributed by atoms with Crippen LogP contribution in [-0.2, 0) is 0 Å². The minimum absolute atomic E-state index is 0.161. The summed E-state index contributed by atoms with van der Waals surface area (Å²) in [5.41, 5.74) is 1.00. The standard InChI is InChI=1S/C15H25NO/c1-3-5-9-12-16-14(4-2)15(17)13-10-7-6-8-11-13/h6-8,10-11,14-17H,3-5,9,12H2,1-2H3. The lowest BCUT2D eigenvalue weighted by atomic mass is 10.0. The highest BCUT2D eigenvalue weighted by molar-refractivity contribution is 5.18. The van der Waals surface area contributed by atoms with Gasteiger partial charge in [-0.05, 0) is 24.9 Å². The molecule has 2 N–H and O–H groups in total. The Hall–Kier alpha value is -0.860. The van der Waals surface area contributed by atoms with Crippen LogP contribution in [0.3, 0.4) is 0 Å². The fourth-order valence-electron chi connectivity index (χ4n) is 2.02. The Labute approximate surface area is 105 Å². The van der Waals surface area contributed by atoms with Crippen molar-refractivity contribution in [3.05, 3.63) is 35.9 Å². The van der Waals surface area contributed by atoms with E-state index in [0.29, 0.717) is 0 Å². The van der Waals surface area contributed by atoms with Gasteiger partial charge in [0.05, 0.1) is 6.10 Å². The number of unbranched alkanes of at least 4 members (excludes halogenated alkanes) is 2. The molecule has 2 nitrogen and oxygen atoms in total. The van der Waals surface area contributed by atoms with Crippen LogP contribution in [0.2, 0.25) is 0 Å². The van der Waals surface area contributed by atoms with E-state index in [-0.39, 0.29) is 6.04 Å². The Kier molecular flexibility index (Phi) is 6.90. The van der Waals surface area contributed by atoms with Gasteiger partial charge in [-0.15, -0.1) is 0 Å². The molecule has 0 fully saturated rings. The third-order valence-corrected chi connectivity index (χ3v) is 3.15. The van der Waals surface area contributed by atoms with Crippen molar-refractivity contribution in [2.75, 3.05) is 6.54 Å². The summed E-state index contributed by atoms with van der Waals surface area (Å²) in [5.74, 6) is 0. The third kappa shape index (κ3) is 4.88. The highest BCUT2D eigenvalue weighted by Crippen LogP contribution is 2.18. The molecule has 0 aliphatic rings. The first-order valence-corrected chi connectivity index (χ1v) is 6.76. The molecule has 17 heavy (non-hydrogen) atoms. The molecule has 0 radical (unpaired) electrons. The summed E-state index contributed by atoms with van der Waals surface area (Å²) < 4.78 is 0. The molecule has 0 amide bonds. The first kappa shape index (κ1) is 14.2. The van der Waals surface area contributed by atoms with E-state index in [0.717, 1.165) is 18.5 Å². The van der Waals surface area contributed by atoms with Crippen LogP contribution in [0, 0.1) is 0 Å². The van der Waals surface area contributed by atoms with E-state index in [1.54, 1.807) is 0 Å². The second-order valence-corrected chi connectivity index (χ2v) is 4.53. The first-order valence-electron chi connectivity index (χ1n) is 6.76. The number of aliphatic hydroxyl groups is 1. The highest BCUT2D eigenvalue weighted by atomic mass is 16.3. The number of aliphatic hydroxyl groups excluding tert-OH is 1. The average Bonchev–Trinajstić information content (AvgIpc) is 2.39. The molecule has 2 atom stereocenters. The summed E-state index contributed by atoms with van der Waals surface area (Å²) in [6.07, 6.45) is 4.23. The van der Waals surface area contributed by atoms with Crippen molar-refractivity contribution >= 4 is 0 Å². The molecule has 0 aliphatic heterocycles. The molecule has 0 aliphatic carbocycles. The van der Waals surface area contributed by atoms with E-state index >= 15 is 0 Å². The van der Waals surface area contributed by atoms with Crippen molar-refractivity contribution in [1.82, 2.24) is 5.32 Å². The lowest BCUT2D eigenvalue weighted by Gasteiger charge is -2.23. The largest absolute Gasteiger partial charge is 0.387 e. The first-order chi connectivity index (χ1) is 8.29. The van der Waals surface area contributed by atoms with Crippen LogP contribution in [0.4, 0.5) is 0 Å². The van der Waals surface area contributed by atoms with Gasteiger partial charge in [-0.1, -0.05) is 57.0 Å². The molecule has 1 aromatic carbocycles. The van der Waals surface area contributed by atoms with Crippen LogP contribution < -0.4 is 5.32 Å². The van der Waals surface area contributed by atoms with E-state index in [9.17, 15) is 5.11 Å². The second kappa shape index (κ2) is 8.26. The Morgan fingerprint density at radius 1 is 1.12 bits per heavy atom. The van der Waals surface area contributed by atoms with Crippen molar-refractivity contribution in [2.45, 2.75) is 51.7 Å². The van der Waals surface area contributed by atoms with Gasteiger partial charge >= 0.3 is 0 Å². The number of benzene rings is 1. The third-order valence-electron chi connectivity index (χ3n) is 3.15. The van der Waals surface area contributed by atoms with Crippen molar-refractivity contribution in [1.29, 1.82) is 0 Å². The molecule has 1 rings (SSSR count). The summed E-state index contributed by atoms with van der Waals surface area (Å²) >= 11 is 0. The maximum absolute atomic E-state index is 10.3. The zero-order valence-electron chi connectivity index (χ0n) is 11.0. The Balaban J connectivity index is 2.44. The SMILES string of the molecule is CCCCCNC(CC)C(O)c1ccccc1. The molecule has 0 spiro atoms. The van der Waals surface area contributed by atoms with E-state index in [2.05, 4.69) is 19.2 Å². The quantitative estimate of drug-likeness (QED) is 0.678. The summed E-state index contributed by atoms with van der Waals surface area (Å²) in [6, 6.07) is 10.1. The topological polar surface area (TPSA) is 32.3 Å². The zero-order chi connectivity index (χ0) is 12.5. The maximum Gasteiger partial charge on any atom is 0.0942 e. The van der Waals surface area contributed by atoms with E-state index < -0.39 is 6.10 Å². The van der Waals surface area contributed by atoms with Crippen molar-refractivity contribution in [3.8, 4) is 0 Å². The zero-order valence-corrected chi connectivity index (χ0v) is 11.0. The number of hydrogen-bond donors (Lipinski definition) is 2. The predicted molar refractivity (Wildman–Crippen MR) is 73.0 cm³/mol. The lowest BCUT2D eigenvalue weighted by Crippen LogP contribution is -2.35. The molecule has 0 aromatic heterocycles. The van der Waals surface area contributed by atoms with Gasteiger partial charge in [0.15, 0.2) is 0 Å². The smallest absolute Gasteiger partial charge is 0.0942 e. The van der Waals surface area contributed by atoms with Crippen molar-refractivity contribution in [2.24, 2.45) is 0 Å². The van der Waals surface area contributed by atoms with Crippen molar-refractivity contribution < 1.29 is 5.11 Å². The van der Waals surface area contributed by atoms with Gasteiger partial charge in [-0.2, -0.15) is 0 Å². The van der Waals surface area contributed by atoms with Gasteiger partial charge in [-0.3, -0.25) is 0 Å². The van der Waals surface area contributed by atoms with Crippen molar-refractivity contribution in [3.63, 3.8) is 0 Å². The monoisotopic (exact) mass is 235 g/mol. The fraction of sp³-hybridized carbons (Fsp3) is 0.600. The Morgan fingerprint density at radius 2 is 1.82 bits per heavy atom. The molecular weight excluding hydrogens is 210 g/mol. The van der Waals surface area contributed by atoms with E-state index in [1.807, 2.05) is 30.3 Å². The van der Waals surface area contributed by atoms with Crippen LogP contribution in [0.5, 0.6) is 0 Å². The lowest BCUT2D eigenvalue weighted by molar-refractivity contribution is 0.126. The van der Waals surface area contributed by atoms with Crippen LogP contribution in [-0.4, -0.2) is 17.7 Å². The predicted octanol–water partition coefficient (Wildman–Crippen LogP) is 3.28. The van der Waals surface area contributed by atoms with Gasteiger partial charge in [0.2, 0.25) is 0 Å². The molecule has 0 saturated heterocycles. The van der Waals surface area contributed by atoms with Gasteiger partial charge < -0.3 is 10.4 Å². The molecular formula is C15H25NO. The summed E-state index contributed by atoms with van der Waals surface area (Å²) in [7, 11) is 0. The molecule has 2 unspecified atom stereocenters. The van der Waals surface area contributed by atoms with Crippen LogP contribution in [0.25, 0.3) is 0 Å². The van der Waals surface area contributed by atoms with Gasteiger partial charge in [-0.25, -0.2) is 0 Å². The average molecular weight is 235 g/mol. The van der Waals surface area contributed by atoms with Crippen LogP contribution >= 0.6 is 0 Å². The van der Waals surface area contributed by atoms with Crippen LogP contribution in [0.1, 0.15) is 51.2 Å². The van der Waals surface area contributed by atoms with Gasteiger partial charge in [0, 0.05) is 6.04 Å². The molecule has 0 bridgehead atoms. The number of rotatable bonds is 8.